The molecule has 0 aliphatic carbocycles. The molecule has 0 amide bonds. The molecular formula is C29H38N4O6. The lowest BCUT2D eigenvalue weighted by Gasteiger charge is -2.24. The number of hydrogen-bond donors (Lipinski definition) is 1. The van der Waals surface area contributed by atoms with Crippen molar-refractivity contribution in [1.82, 2.24) is 19.4 Å². The zero-order valence-electron chi connectivity index (χ0n) is 23.1. The highest BCUT2D eigenvalue weighted by molar-refractivity contribution is 5.81. The first kappa shape index (κ1) is 27.5. The number of fused-ring (bicyclic) bond motifs is 1. The van der Waals surface area contributed by atoms with Gasteiger partial charge in [-0.15, -0.1) is 0 Å². The van der Waals surface area contributed by atoms with Gasteiger partial charge in [-0.2, -0.15) is 0 Å². The van der Waals surface area contributed by atoms with Crippen molar-refractivity contribution in [2.45, 2.75) is 70.6 Å². The summed E-state index contributed by atoms with van der Waals surface area (Å²) in [5, 5.41) is 3.33. The maximum atomic E-state index is 12.9. The first-order valence-electron chi connectivity index (χ1n) is 13.7. The summed E-state index contributed by atoms with van der Waals surface area (Å²) in [5.41, 5.74) is 4.36. The van der Waals surface area contributed by atoms with Gasteiger partial charge in [0.1, 0.15) is 18.0 Å². The minimum Gasteiger partial charge on any atom is -0.459 e. The Hall–Kier alpha value is -3.05. The molecular weight excluding hydrogens is 500 g/mol. The highest BCUT2D eigenvalue weighted by atomic mass is 16.6. The van der Waals surface area contributed by atoms with Crippen LogP contribution in [0.4, 0.5) is 0 Å². The second-order valence-corrected chi connectivity index (χ2v) is 10.6. The molecule has 1 aromatic carbocycles. The standard InChI is InChI=1S/C29H38N4O6/c1-18-12-21(15-32(3)28(18)34)27-31-24-13-20(7-8-25(24)33(27)16-22-6-5-10-38-22)14-30-26(19(2)36-4)29(35)39-23-9-11-37-17-23/h7-8,12-13,15,19,22-23,26,30H,5-6,9-11,14,16-17H2,1-4H3/t19-,22?,23?,26+/m1/s1. The molecule has 2 aromatic heterocycles. The molecule has 2 fully saturated rings. The fourth-order valence-corrected chi connectivity index (χ4v) is 5.33. The van der Waals surface area contributed by atoms with Gasteiger partial charge in [-0.1, -0.05) is 6.07 Å². The Labute approximate surface area is 228 Å². The van der Waals surface area contributed by atoms with Crippen LogP contribution >= 0.6 is 0 Å². The molecule has 0 bridgehead atoms. The molecule has 2 unspecified atom stereocenters. The van der Waals surface area contributed by atoms with Gasteiger partial charge in [0.25, 0.3) is 5.56 Å². The number of rotatable bonds is 10. The summed E-state index contributed by atoms with van der Waals surface area (Å²) < 4.78 is 26.2. The van der Waals surface area contributed by atoms with Crippen LogP contribution in [0.15, 0.2) is 35.3 Å². The molecule has 0 radical (unpaired) electrons. The summed E-state index contributed by atoms with van der Waals surface area (Å²) in [5.74, 6) is 0.465. The van der Waals surface area contributed by atoms with Crippen molar-refractivity contribution in [1.29, 1.82) is 0 Å². The molecule has 4 atom stereocenters. The average Bonchev–Trinajstić information content (AvgIpc) is 3.69. The summed E-state index contributed by atoms with van der Waals surface area (Å²) in [6.07, 6.45) is 4.16. The summed E-state index contributed by atoms with van der Waals surface area (Å²) >= 11 is 0. The van der Waals surface area contributed by atoms with Crippen molar-refractivity contribution < 1.29 is 23.7 Å². The monoisotopic (exact) mass is 538 g/mol. The number of benzene rings is 1. The molecule has 10 heteroatoms. The molecule has 5 rings (SSSR count). The van der Waals surface area contributed by atoms with Crippen LogP contribution in [0.3, 0.4) is 0 Å². The second-order valence-electron chi connectivity index (χ2n) is 10.6. The normalized spacial score (nSPS) is 20.9. The third-order valence-corrected chi connectivity index (χ3v) is 7.64. The van der Waals surface area contributed by atoms with Crippen LogP contribution in [0.2, 0.25) is 0 Å². The minimum absolute atomic E-state index is 0.0206. The van der Waals surface area contributed by atoms with Gasteiger partial charge in [0.05, 0.1) is 43.0 Å². The number of carbonyl (C=O) groups excluding carboxylic acids is 1. The van der Waals surface area contributed by atoms with E-state index in [0.717, 1.165) is 47.4 Å². The van der Waals surface area contributed by atoms with E-state index in [1.165, 1.54) is 0 Å². The lowest BCUT2D eigenvalue weighted by atomic mass is 10.1. The zero-order chi connectivity index (χ0) is 27.5. The number of hydrogen-bond acceptors (Lipinski definition) is 8. The second kappa shape index (κ2) is 12.0. The summed E-state index contributed by atoms with van der Waals surface area (Å²) in [4.78, 5) is 30.3. The van der Waals surface area contributed by atoms with E-state index in [4.69, 9.17) is 23.9 Å². The molecule has 0 spiro atoms. The van der Waals surface area contributed by atoms with Crippen LogP contribution in [0, 0.1) is 6.92 Å². The number of carbonyl (C=O) groups is 1. The van der Waals surface area contributed by atoms with E-state index in [1.54, 1.807) is 18.7 Å². The van der Waals surface area contributed by atoms with Gasteiger partial charge < -0.3 is 28.1 Å². The smallest absolute Gasteiger partial charge is 0.326 e. The van der Waals surface area contributed by atoms with Crippen molar-refractivity contribution >= 4 is 17.0 Å². The molecule has 2 aliphatic rings. The van der Waals surface area contributed by atoms with Gasteiger partial charge >= 0.3 is 5.97 Å². The van der Waals surface area contributed by atoms with Gasteiger partial charge in [0, 0.05) is 51.1 Å². The number of ether oxygens (including phenoxy) is 4. The number of pyridine rings is 1. The lowest BCUT2D eigenvalue weighted by Crippen LogP contribution is -2.47. The largest absolute Gasteiger partial charge is 0.459 e. The first-order valence-corrected chi connectivity index (χ1v) is 13.7. The van der Waals surface area contributed by atoms with Crippen LogP contribution in [0.1, 0.15) is 37.3 Å². The van der Waals surface area contributed by atoms with Crippen molar-refractivity contribution in [2.75, 3.05) is 26.9 Å². The number of esters is 1. The van der Waals surface area contributed by atoms with Gasteiger partial charge in [0.15, 0.2) is 0 Å². The van der Waals surface area contributed by atoms with Crippen LogP contribution in [0.5, 0.6) is 0 Å². The van der Waals surface area contributed by atoms with Crippen molar-refractivity contribution in [3.05, 3.63) is 51.9 Å². The Morgan fingerprint density at radius 3 is 2.79 bits per heavy atom. The van der Waals surface area contributed by atoms with E-state index in [0.29, 0.717) is 38.3 Å². The zero-order valence-corrected chi connectivity index (χ0v) is 23.1. The minimum atomic E-state index is -0.618. The van der Waals surface area contributed by atoms with E-state index in [1.807, 2.05) is 38.2 Å². The highest BCUT2D eigenvalue weighted by Gasteiger charge is 2.30. The Balaban J connectivity index is 1.42. The van der Waals surface area contributed by atoms with Gasteiger partial charge in [-0.3, -0.25) is 14.9 Å². The first-order chi connectivity index (χ1) is 18.8. The van der Waals surface area contributed by atoms with E-state index < -0.39 is 6.04 Å². The Kier molecular flexibility index (Phi) is 8.46. The number of imidazole rings is 1. The molecule has 2 saturated heterocycles. The van der Waals surface area contributed by atoms with Crippen molar-refractivity contribution in [3.63, 3.8) is 0 Å². The van der Waals surface area contributed by atoms with E-state index >= 15 is 0 Å². The van der Waals surface area contributed by atoms with Gasteiger partial charge in [-0.05, 0) is 50.5 Å². The summed E-state index contributed by atoms with van der Waals surface area (Å²) in [7, 11) is 3.35. The van der Waals surface area contributed by atoms with Crippen LogP contribution in [-0.2, 0) is 43.9 Å². The Morgan fingerprint density at radius 2 is 2.10 bits per heavy atom. The molecule has 1 N–H and O–H groups in total. The van der Waals surface area contributed by atoms with Gasteiger partial charge in [-0.25, -0.2) is 4.98 Å². The number of aryl methyl sites for hydroxylation is 2. The summed E-state index contributed by atoms with van der Waals surface area (Å²) in [6, 6.07) is 7.43. The molecule has 39 heavy (non-hydrogen) atoms. The third-order valence-electron chi connectivity index (χ3n) is 7.64. The van der Waals surface area contributed by atoms with Crippen molar-refractivity contribution in [3.8, 4) is 11.4 Å². The highest BCUT2D eigenvalue weighted by Crippen LogP contribution is 2.28. The molecule has 2 aliphatic heterocycles. The SMILES string of the molecule is CO[C@H](C)[C@H](NCc1ccc2c(c1)nc(-c1cc(C)c(=O)n(C)c1)n2CC1CCCO1)C(=O)OC1CCOC1. The fourth-order valence-electron chi connectivity index (χ4n) is 5.33. The van der Waals surface area contributed by atoms with Crippen LogP contribution in [0.25, 0.3) is 22.4 Å². The molecule has 3 aromatic rings. The lowest BCUT2D eigenvalue weighted by molar-refractivity contribution is -0.155. The van der Waals surface area contributed by atoms with Crippen LogP contribution < -0.4 is 10.9 Å². The van der Waals surface area contributed by atoms with E-state index in [2.05, 4.69) is 16.0 Å². The quantitative estimate of drug-likeness (QED) is 0.393. The Bertz CT molecular complexity index is 1340. The predicted octanol–water partition coefficient (Wildman–Crippen LogP) is 2.71. The van der Waals surface area contributed by atoms with Crippen LogP contribution in [-0.4, -0.2) is 71.4 Å². The molecule has 210 valence electrons. The predicted molar refractivity (Wildman–Crippen MR) is 147 cm³/mol. The topological polar surface area (TPSA) is 106 Å². The number of nitrogens with one attached hydrogen (secondary N) is 1. The molecule has 10 nitrogen and oxygen atoms in total. The number of aromatic nitrogens is 3. The fraction of sp³-hybridized carbons (Fsp3) is 0.552. The Morgan fingerprint density at radius 1 is 1.26 bits per heavy atom. The average molecular weight is 539 g/mol. The third kappa shape index (κ3) is 6.09. The molecule has 0 saturated carbocycles. The van der Waals surface area contributed by atoms with E-state index in [9.17, 15) is 9.59 Å². The maximum Gasteiger partial charge on any atom is 0.326 e. The van der Waals surface area contributed by atoms with Gasteiger partial charge in [0.2, 0.25) is 0 Å². The maximum absolute atomic E-state index is 12.9. The molecule has 4 heterocycles. The number of methoxy groups -OCH3 is 1. The van der Waals surface area contributed by atoms with E-state index in [-0.39, 0.29) is 29.8 Å². The van der Waals surface area contributed by atoms with Crippen molar-refractivity contribution in [2.24, 2.45) is 7.05 Å². The number of nitrogens with zero attached hydrogens (tertiary/aromatic N) is 3. The summed E-state index contributed by atoms with van der Waals surface area (Å²) in [6.45, 7) is 6.62.